The van der Waals surface area contributed by atoms with E-state index in [0.29, 0.717) is 16.9 Å². The topological polar surface area (TPSA) is 101 Å². The summed E-state index contributed by atoms with van der Waals surface area (Å²) in [6, 6.07) is 12.8. The Morgan fingerprint density at radius 2 is 1.83 bits per heavy atom. The number of rotatable bonds is 6. The second-order valence-electron chi connectivity index (χ2n) is 9.63. The van der Waals surface area contributed by atoms with Crippen LogP contribution in [0.4, 0.5) is 27.8 Å². The molecule has 2 amide bonds. The van der Waals surface area contributed by atoms with Crippen LogP contribution in [0.25, 0.3) is 28.2 Å². The van der Waals surface area contributed by atoms with Crippen LogP contribution in [0.3, 0.4) is 0 Å². The molecule has 0 bridgehead atoms. The van der Waals surface area contributed by atoms with Crippen LogP contribution in [0.15, 0.2) is 71.3 Å². The predicted molar refractivity (Wildman–Crippen MR) is 142 cm³/mol. The molecular formula is C29H23F5N4O3. The lowest BCUT2D eigenvalue weighted by molar-refractivity contribution is -0.136. The lowest BCUT2D eigenvalue weighted by atomic mass is 9.99. The van der Waals surface area contributed by atoms with Gasteiger partial charge in [0.05, 0.1) is 18.7 Å². The van der Waals surface area contributed by atoms with Gasteiger partial charge in [0.15, 0.2) is 0 Å². The molecule has 0 atom stereocenters. The lowest BCUT2D eigenvalue weighted by Gasteiger charge is -2.16. The van der Waals surface area contributed by atoms with Crippen LogP contribution in [0.5, 0.6) is 0 Å². The van der Waals surface area contributed by atoms with Crippen molar-refractivity contribution in [1.29, 1.82) is 0 Å². The maximum absolute atomic E-state index is 14.0. The van der Waals surface area contributed by atoms with Gasteiger partial charge in [-0.1, -0.05) is 12.1 Å². The number of halogens is 5. The SMILES string of the molecule is Nc1ccc(C=CC(=O)NCc2cc3cc(-c4ccc(C(=O)N5CCC(F)(F)C5)cc4)cc(C(F)(F)F)c3o2)cn1. The molecule has 1 aliphatic heterocycles. The molecule has 7 nitrogen and oxygen atoms in total. The van der Waals surface area contributed by atoms with Crippen molar-refractivity contribution >= 4 is 34.7 Å². The zero-order valence-electron chi connectivity index (χ0n) is 21.3. The average molecular weight is 571 g/mol. The van der Waals surface area contributed by atoms with Gasteiger partial charge >= 0.3 is 6.18 Å². The van der Waals surface area contributed by atoms with Crippen molar-refractivity contribution in [2.75, 3.05) is 18.8 Å². The minimum atomic E-state index is -4.74. The molecule has 3 N–H and O–H groups in total. The molecule has 12 heteroatoms. The molecule has 1 saturated heterocycles. The summed E-state index contributed by atoms with van der Waals surface area (Å²) in [6.07, 6.45) is -0.911. The Morgan fingerprint density at radius 1 is 1.07 bits per heavy atom. The molecule has 0 saturated carbocycles. The molecule has 0 unspecified atom stereocenters. The number of anilines is 1. The number of pyridine rings is 1. The van der Waals surface area contributed by atoms with Crippen LogP contribution in [-0.2, 0) is 17.5 Å². The van der Waals surface area contributed by atoms with Gasteiger partial charge in [-0.3, -0.25) is 9.59 Å². The molecule has 0 aliphatic carbocycles. The quantitative estimate of drug-likeness (QED) is 0.222. The summed E-state index contributed by atoms with van der Waals surface area (Å²) in [6.45, 7) is -0.894. The number of nitrogens with one attached hydrogen (secondary N) is 1. The molecular weight excluding hydrogens is 547 g/mol. The first-order valence-corrected chi connectivity index (χ1v) is 12.5. The van der Waals surface area contributed by atoms with E-state index in [4.69, 9.17) is 10.2 Å². The second-order valence-corrected chi connectivity index (χ2v) is 9.63. The Morgan fingerprint density at radius 3 is 2.46 bits per heavy atom. The van der Waals surface area contributed by atoms with Crippen molar-refractivity contribution in [2.24, 2.45) is 0 Å². The van der Waals surface area contributed by atoms with Gasteiger partial charge in [0, 0.05) is 36.2 Å². The normalized spacial score (nSPS) is 15.1. The number of carbonyl (C=O) groups is 2. The minimum absolute atomic E-state index is 0.0706. The van der Waals surface area contributed by atoms with Crippen molar-refractivity contribution in [3.8, 4) is 11.1 Å². The van der Waals surface area contributed by atoms with Gasteiger partial charge in [-0.05, 0) is 65.2 Å². The van der Waals surface area contributed by atoms with E-state index in [2.05, 4.69) is 10.3 Å². The first kappa shape index (κ1) is 27.8. The number of nitrogen functional groups attached to an aromatic ring is 1. The molecule has 2 aromatic carbocycles. The van der Waals surface area contributed by atoms with Crippen LogP contribution in [0.1, 0.15) is 33.7 Å². The molecule has 5 rings (SSSR count). The number of aromatic nitrogens is 1. The highest BCUT2D eigenvalue weighted by Gasteiger charge is 2.40. The fraction of sp³-hybridized carbons (Fsp3) is 0.207. The highest BCUT2D eigenvalue weighted by Crippen LogP contribution is 2.39. The third kappa shape index (κ3) is 6.37. The first-order chi connectivity index (χ1) is 19.4. The molecule has 3 heterocycles. The van der Waals surface area contributed by atoms with Gasteiger partial charge in [0.1, 0.15) is 17.2 Å². The smallest absolute Gasteiger partial charge is 0.420 e. The Kier molecular flexibility index (Phi) is 7.24. The Labute approximate surface area is 230 Å². The van der Waals surface area contributed by atoms with E-state index >= 15 is 0 Å². The zero-order valence-corrected chi connectivity index (χ0v) is 21.3. The molecule has 2 aromatic heterocycles. The van der Waals surface area contributed by atoms with Crippen LogP contribution in [0, 0.1) is 0 Å². The van der Waals surface area contributed by atoms with E-state index in [0.717, 1.165) is 11.0 Å². The van der Waals surface area contributed by atoms with E-state index in [1.54, 1.807) is 12.1 Å². The van der Waals surface area contributed by atoms with Gasteiger partial charge in [0.2, 0.25) is 5.91 Å². The van der Waals surface area contributed by atoms with E-state index in [1.165, 1.54) is 54.7 Å². The summed E-state index contributed by atoms with van der Waals surface area (Å²) in [5, 5.41) is 2.73. The zero-order chi connectivity index (χ0) is 29.4. The van der Waals surface area contributed by atoms with Crippen molar-refractivity contribution in [1.82, 2.24) is 15.2 Å². The number of likely N-dealkylation sites (tertiary alicyclic amines) is 1. The van der Waals surface area contributed by atoms with Gasteiger partial charge in [-0.25, -0.2) is 13.8 Å². The maximum Gasteiger partial charge on any atom is 0.420 e. The number of nitrogens with zero attached hydrogens (tertiary/aromatic N) is 2. The fourth-order valence-electron chi connectivity index (χ4n) is 4.49. The van der Waals surface area contributed by atoms with Gasteiger partial charge in [0.25, 0.3) is 11.8 Å². The molecule has 0 spiro atoms. The summed E-state index contributed by atoms with van der Waals surface area (Å²) >= 11 is 0. The van der Waals surface area contributed by atoms with Crippen molar-refractivity contribution in [3.63, 3.8) is 0 Å². The molecule has 212 valence electrons. The number of benzene rings is 2. The van der Waals surface area contributed by atoms with Crippen molar-refractivity contribution in [3.05, 3.63) is 89.3 Å². The summed E-state index contributed by atoms with van der Waals surface area (Å²) in [7, 11) is 0. The summed E-state index contributed by atoms with van der Waals surface area (Å²) in [5.74, 6) is -3.55. The average Bonchev–Trinajstić information content (AvgIpc) is 3.52. The van der Waals surface area contributed by atoms with Gasteiger partial charge in [-0.15, -0.1) is 0 Å². The number of hydrogen-bond acceptors (Lipinski definition) is 5. The Balaban J connectivity index is 1.34. The lowest BCUT2D eigenvalue weighted by Crippen LogP contribution is -2.31. The third-order valence-electron chi connectivity index (χ3n) is 6.57. The van der Waals surface area contributed by atoms with Crippen LogP contribution >= 0.6 is 0 Å². The van der Waals surface area contributed by atoms with Crippen LogP contribution in [0.2, 0.25) is 0 Å². The first-order valence-electron chi connectivity index (χ1n) is 12.5. The highest BCUT2D eigenvalue weighted by atomic mass is 19.4. The van der Waals surface area contributed by atoms with Gasteiger partial charge < -0.3 is 20.4 Å². The number of carbonyl (C=O) groups excluding carboxylic acids is 2. The van der Waals surface area contributed by atoms with Crippen LogP contribution < -0.4 is 11.1 Å². The largest absolute Gasteiger partial charge is 0.459 e. The number of nitrogens with two attached hydrogens (primary N) is 1. The second kappa shape index (κ2) is 10.7. The number of alkyl halides is 5. The van der Waals surface area contributed by atoms with E-state index in [1.807, 2.05) is 0 Å². The third-order valence-corrected chi connectivity index (χ3v) is 6.57. The molecule has 1 aliphatic rings. The number of amides is 2. The number of hydrogen-bond donors (Lipinski definition) is 2. The molecule has 4 aromatic rings. The van der Waals surface area contributed by atoms with E-state index in [9.17, 15) is 31.5 Å². The number of furan rings is 1. The van der Waals surface area contributed by atoms with Gasteiger partial charge in [-0.2, -0.15) is 13.2 Å². The molecule has 1 fully saturated rings. The summed E-state index contributed by atoms with van der Waals surface area (Å²) in [4.78, 5) is 29.7. The van der Waals surface area contributed by atoms with E-state index in [-0.39, 0.29) is 40.9 Å². The summed E-state index contributed by atoms with van der Waals surface area (Å²) < 4.78 is 74.4. The Bertz CT molecular complexity index is 1630. The standard InChI is InChI=1S/C29H23F5N4O3/c30-28(31)9-10-38(16-28)27(40)19-5-3-18(4-6-19)20-11-21-12-22(41-26(21)23(13-20)29(32,33)34)15-37-25(39)8-2-17-1-7-24(35)36-14-17/h1-8,11-14H,9-10,15-16H2,(H2,35,36)(H,37,39). The number of fused-ring (bicyclic) bond motifs is 1. The van der Waals surface area contributed by atoms with Crippen molar-refractivity contribution < 1.29 is 36.0 Å². The van der Waals surface area contributed by atoms with Crippen molar-refractivity contribution in [2.45, 2.75) is 25.1 Å². The molecule has 41 heavy (non-hydrogen) atoms. The summed E-state index contributed by atoms with van der Waals surface area (Å²) in [5.41, 5.74) is 5.54. The van der Waals surface area contributed by atoms with Crippen LogP contribution in [-0.4, -0.2) is 40.7 Å². The monoisotopic (exact) mass is 570 g/mol. The maximum atomic E-state index is 14.0. The highest BCUT2D eigenvalue weighted by molar-refractivity contribution is 5.95. The predicted octanol–water partition coefficient (Wildman–Crippen LogP) is 5.91. The Hall–Kier alpha value is -4.74. The molecule has 0 radical (unpaired) electrons. The van der Waals surface area contributed by atoms with E-state index < -0.39 is 42.4 Å². The minimum Gasteiger partial charge on any atom is -0.459 e. The fourth-order valence-corrected chi connectivity index (χ4v) is 4.49.